The number of hydrogen-bond donors (Lipinski definition) is 1. The summed E-state index contributed by atoms with van der Waals surface area (Å²) in [5, 5.41) is 9.03. The van der Waals surface area contributed by atoms with Gasteiger partial charge in [-0.1, -0.05) is 6.07 Å². The molecular formula is C13H19FN2O2. The summed E-state index contributed by atoms with van der Waals surface area (Å²) in [6.07, 6.45) is 0.888. The highest BCUT2D eigenvalue weighted by molar-refractivity contribution is 5.94. The van der Waals surface area contributed by atoms with Crippen LogP contribution in [0.4, 0.5) is 10.1 Å². The molecule has 0 unspecified atom stereocenters. The Morgan fingerprint density at radius 2 is 1.94 bits per heavy atom. The molecular weight excluding hydrogens is 235 g/mol. The summed E-state index contributed by atoms with van der Waals surface area (Å²) in [7, 11) is 5.73. The minimum atomic E-state index is -1.23. The Kier molecular flexibility index (Phi) is 5.09. The molecule has 0 aliphatic heterocycles. The van der Waals surface area contributed by atoms with E-state index in [2.05, 4.69) is 4.90 Å². The number of rotatable bonds is 6. The summed E-state index contributed by atoms with van der Waals surface area (Å²) in [6, 6.07) is 4.32. The molecule has 0 spiro atoms. The molecule has 0 fully saturated rings. The van der Waals surface area contributed by atoms with E-state index in [1.807, 2.05) is 14.1 Å². The van der Waals surface area contributed by atoms with Gasteiger partial charge in [0.15, 0.2) is 0 Å². The third-order valence-corrected chi connectivity index (χ3v) is 2.72. The molecule has 0 aliphatic rings. The van der Waals surface area contributed by atoms with Crippen molar-refractivity contribution < 1.29 is 14.3 Å². The van der Waals surface area contributed by atoms with Crippen molar-refractivity contribution in [2.24, 2.45) is 0 Å². The molecule has 0 bridgehead atoms. The van der Waals surface area contributed by atoms with Crippen LogP contribution < -0.4 is 4.90 Å². The van der Waals surface area contributed by atoms with Crippen LogP contribution in [0.25, 0.3) is 0 Å². The van der Waals surface area contributed by atoms with E-state index in [0.29, 0.717) is 12.2 Å². The molecule has 100 valence electrons. The first-order valence-electron chi connectivity index (χ1n) is 5.81. The van der Waals surface area contributed by atoms with Crippen molar-refractivity contribution in [2.45, 2.75) is 6.42 Å². The number of aromatic carboxylic acids is 1. The first kappa shape index (κ1) is 14.4. The first-order valence-corrected chi connectivity index (χ1v) is 5.81. The number of benzene rings is 1. The van der Waals surface area contributed by atoms with Crippen LogP contribution >= 0.6 is 0 Å². The van der Waals surface area contributed by atoms with Crippen molar-refractivity contribution in [3.8, 4) is 0 Å². The predicted molar refractivity (Wildman–Crippen MR) is 69.8 cm³/mol. The number of halogens is 1. The summed E-state index contributed by atoms with van der Waals surface area (Å²) in [4.78, 5) is 14.9. The van der Waals surface area contributed by atoms with E-state index in [4.69, 9.17) is 5.11 Å². The Balaban J connectivity index is 2.82. The minimum absolute atomic E-state index is 0.259. The van der Waals surface area contributed by atoms with Crippen molar-refractivity contribution in [2.75, 3.05) is 39.1 Å². The van der Waals surface area contributed by atoms with Crippen LogP contribution in [-0.4, -0.2) is 50.2 Å². The Morgan fingerprint density at radius 3 is 2.50 bits per heavy atom. The monoisotopic (exact) mass is 254 g/mol. The van der Waals surface area contributed by atoms with Crippen molar-refractivity contribution in [3.05, 3.63) is 29.6 Å². The van der Waals surface area contributed by atoms with Crippen molar-refractivity contribution in [1.82, 2.24) is 4.90 Å². The van der Waals surface area contributed by atoms with Crippen LogP contribution in [0.15, 0.2) is 18.2 Å². The molecule has 0 amide bonds. The van der Waals surface area contributed by atoms with Gasteiger partial charge in [-0.05, 0) is 39.2 Å². The third kappa shape index (κ3) is 3.70. The first-order chi connectivity index (χ1) is 8.43. The van der Waals surface area contributed by atoms with Gasteiger partial charge in [0.25, 0.3) is 0 Å². The molecule has 0 aliphatic carbocycles. The highest BCUT2D eigenvalue weighted by Crippen LogP contribution is 2.22. The number of carbonyl (C=O) groups is 1. The largest absolute Gasteiger partial charge is 0.478 e. The summed E-state index contributed by atoms with van der Waals surface area (Å²) in [6.45, 7) is 1.59. The van der Waals surface area contributed by atoms with E-state index >= 15 is 0 Å². The lowest BCUT2D eigenvalue weighted by Crippen LogP contribution is -2.25. The SMILES string of the molecule is CN(C)CCCN(C)c1cccc(F)c1C(=O)O. The smallest absolute Gasteiger partial charge is 0.340 e. The lowest BCUT2D eigenvalue weighted by atomic mass is 10.1. The molecule has 5 heteroatoms. The Bertz CT molecular complexity index is 421. The average Bonchev–Trinajstić information content (AvgIpc) is 2.27. The lowest BCUT2D eigenvalue weighted by Gasteiger charge is -2.22. The second kappa shape index (κ2) is 6.35. The quantitative estimate of drug-likeness (QED) is 0.842. The second-order valence-electron chi connectivity index (χ2n) is 4.52. The molecule has 1 N–H and O–H groups in total. The molecule has 0 saturated heterocycles. The molecule has 0 aromatic heterocycles. The number of nitrogens with zero attached hydrogens (tertiary/aromatic N) is 2. The van der Waals surface area contributed by atoms with Crippen LogP contribution in [-0.2, 0) is 0 Å². The Labute approximate surface area is 107 Å². The molecule has 0 radical (unpaired) electrons. The maximum atomic E-state index is 13.5. The number of anilines is 1. The van der Waals surface area contributed by atoms with Crippen LogP contribution in [0, 0.1) is 5.82 Å². The maximum absolute atomic E-state index is 13.5. The van der Waals surface area contributed by atoms with E-state index < -0.39 is 11.8 Å². The van der Waals surface area contributed by atoms with Gasteiger partial charge in [-0.2, -0.15) is 0 Å². The van der Waals surface area contributed by atoms with Crippen molar-refractivity contribution in [1.29, 1.82) is 0 Å². The van der Waals surface area contributed by atoms with E-state index in [-0.39, 0.29) is 5.56 Å². The molecule has 1 aromatic rings. The predicted octanol–water partition coefficient (Wildman–Crippen LogP) is 1.91. The molecule has 0 saturated carbocycles. The van der Waals surface area contributed by atoms with Crippen molar-refractivity contribution >= 4 is 11.7 Å². The zero-order valence-corrected chi connectivity index (χ0v) is 11.0. The molecule has 1 rings (SSSR count). The van der Waals surface area contributed by atoms with Crippen LogP contribution in [0.1, 0.15) is 16.8 Å². The van der Waals surface area contributed by atoms with Gasteiger partial charge < -0.3 is 14.9 Å². The highest BCUT2D eigenvalue weighted by Gasteiger charge is 2.17. The summed E-state index contributed by atoms with van der Waals surface area (Å²) < 4.78 is 13.5. The fourth-order valence-electron chi connectivity index (χ4n) is 1.79. The van der Waals surface area contributed by atoms with Gasteiger partial charge in [-0.25, -0.2) is 9.18 Å². The second-order valence-corrected chi connectivity index (χ2v) is 4.52. The van der Waals surface area contributed by atoms with Crippen LogP contribution in [0.3, 0.4) is 0 Å². The molecule has 1 aromatic carbocycles. The maximum Gasteiger partial charge on any atom is 0.340 e. The molecule has 4 nitrogen and oxygen atoms in total. The summed E-state index contributed by atoms with van der Waals surface area (Å²) in [5.74, 6) is -1.93. The molecule has 0 heterocycles. The zero-order chi connectivity index (χ0) is 13.7. The van der Waals surface area contributed by atoms with Crippen LogP contribution in [0.2, 0.25) is 0 Å². The highest BCUT2D eigenvalue weighted by atomic mass is 19.1. The third-order valence-electron chi connectivity index (χ3n) is 2.72. The van der Waals surface area contributed by atoms with E-state index in [1.165, 1.54) is 12.1 Å². The van der Waals surface area contributed by atoms with Gasteiger partial charge in [0.1, 0.15) is 11.4 Å². The topological polar surface area (TPSA) is 43.8 Å². The Hall–Kier alpha value is -1.62. The number of hydrogen-bond acceptors (Lipinski definition) is 3. The molecule has 0 atom stereocenters. The Morgan fingerprint density at radius 1 is 1.28 bits per heavy atom. The van der Waals surface area contributed by atoms with E-state index in [1.54, 1.807) is 18.0 Å². The van der Waals surface area contributed by atoms with Gasteiger partial charge in [-0.15, -0.1) is 0 Å². The minimum Gasteiger partial charge on any atom is -0.478 e. The van der Waals surface area contributed by atoms with Gasteiger partial charge >= 0.3 is 5.97 Å². The fraction of sp³-hybridized carbons (Fsp3) is 0.462. The average molecular weight is 254 g/mol. The van der Waals surface area contributed by atoms with Gasteiger partial charge in [0.05, 0.1) is 5.69 Å². The van der Waals surface area contributed by atoms with Gasteiger partial charge in [0.2, 0.25) is 0 Å². The fourth-order valence-corrected chi connectivity index (χ4v) is 1.79. The lowest BCUT2D eigenvalue weighted by molar-refractivity contribution is 0.0692. The number of carboxylic acid groups (broad SMARTS) is 1. The normalized spacial score (nSPS) is 10.7. The standard InChI is InChI=1S/C13H19FN2O2/c1-15(2)8-5-9-16(3)11-7-4-6-10(14)12(11)13(17)18/h4,6-7H,5,8-9H2,1-3H3,(H,17,18). The molecule has 18 heavy (non-hydrogen) atoms. The van der Waals surface area contributed by atoms with Gasteiger partial charge in [0, 0.05) is 13.6 Å². The summed E-state index contributed by atoms with van der Waals surface area (Å²) in [5.41, 5.74) is 0.158. The van der Waals surface area contributed by atoms with Gasteiger partial charge in [-0.3, -0.25) is 0 Å². The number of carboxylic acids is 1. The zero-order valence-electron chi connectivity index (χ0n) is 11.0. The van der Waals surface area contributed by atoms with E-state index in [0.717, 1.165) is 13.0 Å². The summed E-state index contributed by atoms with van der Waals surface area (Å²) >= 11 is 0. The van der Waals surface area contributed by atoms with Crippen LogP contribution in [0.5, 0.6) is 0 Å². The van der Waals surface area contributed by atoms with E-state index in [9.17, 15) is 9.18 Å². The van der Waals surface area contributed by atoms with Crippen molar-refractivity contribution in [3.63, 3.8) is 0 Å².